The van der Waals surface area contributed by atoms with E-state index in [1.165, 1.54) is 12.1 Å². The number of aromatic nitrogens is 4. The summed E-state index contributed by atoms with van der Waals surface area (Å²) in [5, 5.41) is 14.3. The van der Waals surface area contributed by atoms with Crippen LogP contribution in [-0.2, 0) is 29.0 Å². The molecule has 42 heavy (non-hydrogen) atoms. The zero-order chi connectivity index (χ0) is 30.0. The van der Waals surface area contributed by atoms with Gasteiger partial charge in [0.05, 0.1) is 24.9 Å². The molecule has 0 aliphatic carbocycles. The summed E-state index contributed by atoms with van der Waals surface area (Å²) in [5.74, 6) is -0.0580. The summed E-state index contributed by atoms with van der Waals surface area (Å²) in [5.41, 5.74) is 2.07. The van der Waals surface area contributed by atoms with Crippen molar-refractivity contribution >= 4 is 35.0 Å². The summed E-state index contributed by atoms with van der Waals surface area (Å²) in [7, 11) is 0. The van der Waals surface area contributed by atoms with Crippen LogP contribution in [0.1, 0.15) is 52.4 Å². The quantitative estimate of drug-likeness (QED) is 0.337. The molecule has 2 aliphatic heterocycles. The number of hydrogen-bond donors (Lipinski definition) is 1. The third kappa shape index (κ3) is 6.47. The fourth-order valence-corrected chi connectivity index (χ4v) is 5.58. The van der Waals surface area contributed by atoms with Crippen LogP contribution in [0.5, 0.6) is 0 Å². The molecule has 10 nitrogen and oxygen atoms in total. The number of hydrogen-bond acceptors (Lipinski definition) is 6. The molecule has 2 saturated heterocycles. The number of rotatable bonds is 10. The molecule has 1 atom stereocenters. The summed E-state index contributed by atoms with van der Waals surface area (Å²) < 4.78 is 23.5. The number of carbonyl (C=O) groups excluding carboxylic acids is 1. The van der Waals surface area contributed by atoms with E-state index in [1.807, 2.05) is 23.3 Å². The van der Waals surface area contributed by atoms with Crippen molar-refractivity contribution in [3.63, 3.8) is 0 Å². The van der Waals surface area contributed by atoms with Crippen molar-refractivity contribution in [3.8, 4) is 0 Å². The molecule has 2 fully saturated rings. The molecule has 222 valence electrons. The standard InChI is InChI=1S/C30H34ClFN6O4/c1-4-25(30(40)41)34-28-19(3)33-26(38(28)17-23-9-12-42-23)13-20-7-10-36(11-8-20)29(39)27-18(2)15-37(35-27)16-21-5-6-22(31)14-24(21)32/h4-6,14-15,20,23H,1,7-13,16-17H2,2-3H3,(H,40,41)/t23-/m0/s1. The fourth-order valence-electron chi connectivity index (χ4n) is 5.42. The van der Waals surface area contributed by atoms with Gasteiger partial charge in [0.2, 0.25) is 0 Å². The SMILES string of the molecule is C=CC(=Nc1c(C)nc(CC2CCN(C(=O)c3nn(Cc4ccc(Cl)cc4F)cc3C)CC2)n1C[C@@H]1CCO1)C(=O)O. The molecule has 0 bridgehead atoms. The molecule has 0 spiro atoms. The maximum absolute atomic E-state index is 14.3. The second-order valence-corrected chi connectivity index (χ2v) is 11.3. The molecular formula is C30H34ClFN6O4. The van der Waals surface area contributed by atoms with E-state index in [1.54, 1.807) is 23.0 Å². The molecule has 1 amide bonds. The monoisotopic (exact) mass is 596 g/mol. The number of aliphatic imine (C=N–C) groups is 1. The molecule has 2 aromatic heterocycles. The number of carboxylic acids is 1. The highest BCUT2D eigenvalue weighted by atomic mass is 35.5. The van der Waals surface area contributed by atoms with Crippen LogP contribution in [0.4, 0.5) is 10.2 Å². The molecule has 1 aromatic carbocycles. The minimum Gasteiger partial charge on any atom is -0.477 e. The number of aliphatic carboxylic acids is 1. The lowest BCUT2D eigenvalue weighted by Crippen LogP contribution is -2.39. The largest absolute Gasteiger partial charge is 0.477 e. The third-order valence-electron chi connectivity index (χ3n) is 7.87. The van der Waals surface area contributed by atoms with Gasteiger partial charge in [-0.15, -0.1) is 0 Å². The first-order valence-corrected chi connectivity index (χ1v) is 14.4. The van der Waals surface area contributed by atoms with Gasteiger partial charge in [0, 0.05) is 48.5 Å². The molecule has 0 unspecified atom stereocenters. The van der Waals surface area contributed by atoms with Gasteiger partial charge in [0.1, 0.15) is 17.4 Å². The van der Waals surface area contributed by atoms with Gasteiger partial charge in [0.25, 0.3) is 5.91 Å². The van der Waals surface area contributed by atoms with E-state index < -0.39 is 11.8 Å². The summed E-state index contributed by atoms with van der Waals surface area (Å²) >= 11 is 5.86. The summed E-state index contributed by atoms with van der Waals surface area (Å²) in [4.78, 5) is 35.9. The highest BCUT2D eigenvalue weighted by Crippen LogP contribution is 2.29. The number of imidazole rings is 1. The van der Waals surface area contributed by atoms with E-state index in [2.05, 4.69) is 16.7 Å². The Hall–Kier alpha value is -3.83. The van der Waals surface area contributed by atoms with Gasteiger partial charge < -0.3 is 19.3 Å². The number of piperidine rings is 1. The predicted molar refractivity (Wildman–Crippen MR) is 156 cm³/mol. The van der Waals surface area contributed by atoms with Crippen LogP contribution in [0, 0.1) is 25.6 Å². The Kier molecular flexibility index (Phi) is 8.88. The Morgan fingerprint density at radius 1 is 1.26 bits per heavy atom. The number of benzene rings is 1. The fraction of sp³-hybridized carbons (Fsp3) is 0.433. The zero-order valence-electron chi connectivity index (χ0n) is 23.7. The number of halogens is 2. The molecule has 0 saturated carbocycles. The molecule has 12 heteroatoms. The minimum absolute atomic E-state index is 0.0435. The van der Waals surface area contributed by atoms with Gasteiger partial charge >= 0.3 is 5.97 Å². The Morgan fingerprint density at radius 3 is 2.62 bits per heavy atom. The predicted octanol–water partition coefficient (Wildman–Crippen LogP) is 4.76. The van der Waals surface area contributed by atoms with Crippen molar-refractivity contribution in [1.82, 2.24) is 24.2 Å². The second-order valence-electron chi connectivity index (χ2n) is 10.9. The van der Waals surface area contributed by atoms with E-state index in [4.69, 9.17) is 21.3 Å². The molecule has 0 radical (unpaired) electrons. The Morgan fingerprint density at radius 2 is 2.00 bits per heavy atom. The van der Waals surface area contributed by atoms with E-state index in [9.17, 15) is 19.1 Å². The number of nitrogens with zero attached hydrogens (tertiary/aromatic N) is 6. The average molecular weight is 597 g/mol. The van der Waals surface area contributed by atoms with E-state index in [-0.39, 0.29) is 24.3 Å². The van der Waals surface area contributed by atoms with Gasteiger partial charge in [-0.3, -0.25) is 9.48 Å². The van der Waals surface area contributed by atoms with E-state index in [0.717, 1.165) is 30.7 Å². The lowest BCUT2D eigenvalue weighted by Gasteiger charge is -2.32. The highest BCUT2D eigenvalue weighted by molar-refractivity contribution is 6.40. The van der Waals surface area contributed by atoms with Crippen LogP contribution in [0.15, 0.2) is 42.0 Å². The first kappa shape index (κ1) is 29.7. The summed E-state index contributed by atoms with van der Waals surface area (Å²) in [6, 6.07) is 4.51. The molecule has 2 aliphatic rings. The average Bonchev–Trinajstić information content (AvgIpc) is 3.43. The second kappa shape index (κ2) is 12.6. The lowest BCUT2D eigenvalue weighted by molar-refractivity contribution is -0.129. The smallest absolute Gasteiger partial charge is 0.354 e. The van der Waals surface area contributed by atoms with Gasteiger partial charge in [-0.25, -0.2) is 19.2 Å². The molecule has 4 heterocycles. The molecular weight excluding hydrogens is 563 g/mol. The van der Waals surface area contributed by atoms with Gasteiger partial charge in [0.15, 0.2) is 11.5 Å². The van der Waals surface area contributed by atoms with Crippen molar-refractivity contribution in [2.75, 3.05) is 19.7 Å². The number of likely N-dealkylation sites (tertiary alicyclic amines) is 1. The number of ether oxygens (including phenoxy) is 1. The van der Waals surface area contributed by atoms with Crippen LogP contribution in [-0.4, -0.2) is 72.7 Å². The molecule has 5 rings (SSSR count). The Balaban J connectivity index is 1.25. The van der Waals surface area contributed by atoms with Gasteiger partial charge in [-0.2, -0.15) is 5.10 Å². The summed E-state index contributed by atoms with van der Waals surface area (Å²) in [6.07, 6.45) is 6.22. The first-order valence-electron chi connectivity index (χ1n) is 14.0. The maximum atomic E-state index is 14.3. The molecule has 1 N–H and O–H groups in total. The van der Waals surface area contributed by atoms with Crippen LogP contribution >= 0.6 is 11.6 Å². The van der Waals surface area contributed by atoms with Gasteiger partial charge in [-0.1, -0.05) is 24.2 Å². The topological polar surface area (TPSA) is 115 Å². The Bertz CT molecular complexity index is 1530. The lowest BCUT2D eigenvalue weighted by atomic mass is 9.93. The molecule has 3 aromatic rings. The number of amides is 1. The zero-order valence-corrected chi connectivity index (χ0v) is 24.5. The van der Waals surface area contributed by atoms with Crippen molar-refractivity contribution < 1.29 is 23.8 Å². The van der Waals surface area contributed by atoms with E-state index in [0.29, 0.717) is 66.4 Å². The van der Waals surface area contributed by atoms with Crippen molar-refractivity contribution in [3.05, 3.63) is 76.2 Å². The third-order valence-corrected chi connectivity index (χ3v) is 8.11. The number of carboxylic acid groups (broad SMARTS) is 1. The normalized spacial score (nSPS) is 17.8. The minimum atomic E-state index is -1.15. The number of aryl methyl sites for hydroxylation is 2. The van der Waals surface area contributed by atoms with Crippen LogP contribution in [0.25, 0.3) is 0 Å². The maximum Gasteiger partial charge on any atom is 0.354 e. The first-order chi connectivity index (χ1) is 20.1. The van der Waals surface area contributed by atoms with Crippen molar-refractivity contribution in [1.29, 1.82) is 0 Å². The van der Waals surface area contributed by atoms with Crippen molar-refractivity contribution in [2.45, 2.75) is 58.7 Å². The van der Waals surface area contributed by atoms with E-state index >= 15 is 0 Å². The van der Waals surface area contributed by atoms with Crippen molar-refractivity contribution in [2.24, 2.45) is 10.9 Å². The Labute approximate surface area is 248 Å². The summed E-state index contributed by atoms with van der Waals surface area (Å²) in [6.45, 7) is 9.86. The van der Waals surface area contributed by atoms with Crippen LogP contribution in [0.2, 0.25) is 5.02 Å². The van der Waals surface area contributed by atoms with Crippen LogP contribution < -0.4 is 0 Å². The van der Waals surface area contributed by atoms with Gasteiger partial charge in [-0.05, 0) is 57.2 Å². The highest BCUT2D eigenvalue weighted by Gasteiger charge is 2.29. The van der Waals surface area contributed by atoms with Crippen LogP contribution in [0.3, 0.4) is 0 Å². The number of carbonyl (C=O) groups is 2.